The summed E-state index contributed by atoms with van der Waals surface area (Å²) in [5, 5.41) is 19.5. The number of nitrogens with zero attached hydrogens (tertiary/aromatic N) is 1. The van der Waals surface area contributed by atoms with Crippen molar-refractivity contribution in [2.45, 2.75) is 18.9 Å². The number of rotatable bonds is 6. The highest BCUT2D eigenvalue weighted by Gasteiger charge is 2.41. The van der Waals surface area contributed by atoms with Gasteiger partial charge in [0.2, 0.25) is 0 Å². The third-order valence-electron chi connectivity index (χ3n) is 1.99. The average molecular weight is 203 g/mol. The van der Waals surface area contributed by atoms with Gasteiger partial charge in [0.05, 0.1) is 0 Å². The Morgan fingerprint density at radius 3 is 2.64 bits per heavy atom. The Morgan fingerprint density at radius 2 is 2.36 bits per heavy atom. The first-order valence-corrected chi connectivity index (χ1v) is 4.07. The van der Waals surface area contributed by atoms with Gasteiger partial charge in [-0.05, 0) is 0 Å². The fourth-order valence-electron chi connectivity index (χ4n) is 0.763. The number of aliphatic hydroxyl groups excluding tert-OH is 1. The number of carbonyl (C=O) groups excluding carboxylic acids is 1. The van der Waals surface area contributed by atoms with Gasteiger partial charge < -0.3 is 9.84 Å². The van der Waals surface area contributed by atoms with E-state index < -0.39 is 29.6 Å². The van der Waals surface area contributed by atoms with Crippen LogP contribution in [0.1, 0.15) is 13.3 Å². The number of aliphatic hydroxyl groups is 1. The lowest BCUT2D eigenvalue weighted by Crippen LogP contribution is -2.46. The van der Waals surface area contributed by atoms with Gasteiger partial charge in [-0.2, -0.15) is 0 Å². The maximum absolute atomic E-state index is 10.7. The molecule has 80 valence electrons. The van der Waals surface area contributed by atoms with E-state index in [-0.39, 0.29) is 6.42 Å². The SMILES string of the molecule is C=CC(=O)OCC(CC)(CO)[N+](=O)[O-]. The van der Waals surface area contributed by atoms with Crippen LogP contribution in [-0.4, -0.2) is 34.8 Å². The molecule has 14 heavy (non-hydrogen) atoms. The first kappa shape index (κ1) is 12.6. The second-order valence-electron chi connectivity index (χ2n) is 2.80. The van der Waals surface area contributed by atoms with Gasteiger partial charge in [-0.1, -0.05) is 13.5 Å². The molecule has 0 radical (unpaired) electrons. The molecule has 6 heteroatoms. The number of hydrogen-bond acceptors (Lipinski definition) is 5. The predicted molar refractivity (Wildman–Crippen MR) is 48.3 cm³/mol. The van der Waals surface area contributed by atoms with Crippen molar-refractivity contribution in [2.24, 2.45) is 0 Å². The molecule has 0 bridgehead atoms. The van der Waals surface area contributed by atoms with Crippen LogP contribution in [0.4, 0.5) is 0 Å². The number of hydrogen-bond donors (Lipinski definition) is 1. The van der Waals surface area contributed by atoms with Gasteiger partial charge in [0.15, 0.2) is 6.61 Å². The zero-order valence-corrected chi connectivity index (χ0v) is 7.93. The Balaban J connectivity index is 4.44. The quantitative estimate of drug-likeness (QED) is 0.287. The third kappa shape index (κ3) is 2.81. The smallest absolute Gasteiger partial charge is 0.330 e. The molecule has 1 unspecified atom stereocenters. The van der Waals surface area contributed by atoms with E-state index in [2.05, 4.69) is 11.3 Å². The lowest BCUT2D eigenvalue weighted by atomic mass is 10.00. The molecule has 0 aromatic carbocycles. The molecule has 0 fully saturated rings. The monoisotopic (exact) mass is 203 g/mol. The molecule has 6 nitrogen and oxygen atoms in total. The lowest BCUT2D eigenvalue weighted by Gasteiger charge is -2.20. The van der Waals surface area contributed by atoms with Crippen molar-refractivity contribution in [1.82, 2.24) is 0 Å². The van der Waals surface area contributed by atoms with Crippen LogP contribution >= 0.6 is 0 Å². The van der Waals surface area contributed by atoms with Crippen molar-refractivity contribution >= 4 is 5.97 Å². The Morgan fingerprint density at radius 1 is 1.79 bits per heavy atom. The van der Waals surface area contributed by atoms with E-state index in [1.54, 1.807) is 6.92 Å². The number of carbonyl (C=O) groups is 1. The van der Waals surface area contributed by atoms with Crippen LogP contribution in [-0.2, 0) is 9.53 Å². The van der Waals surface area contributed by atoms with E-state index >= 15 is 0 Å². The number of ether oxygens (including phenoxy) is 1. The molecule has 0 spiro atoms. The molecule has 0 aromatic rings. The van der Waals surface area contributed by atoms with Crippen LogP contribution in [0.2, 0.25) is 0 Å². The Hall–Kier alpha value is -1.43. The van der Waals surface area contributed by atoms with Crippen LogP contribution in [0.3, 0.4) is 0 Å². The van der Waals surface area contributed by atoms with Crippen molar-refractivity contribution in [3.63, 3.8) is 0 Å². The second kappa shape index (κ2) is 5.33. The summed E-state index contributed by atoms with van der Waals surface area (Å²) in [6.07, 6.45) is 0.999. The molecular weight excluding hydrogens is 190 g/mol. The van der Waals surface area contributed by atoms with Crippen LogP contribution < -0.4 is 0 Å². The largest absolute Gasteiger partial charge is 0.455 e. The van der Waals surface area contributed by atoms with Crippen molar-refractivity contribution in [2.75, 3.05) is 13.2 Å². The molecule has 0 amide bonds. The molecule has 0 aliphatic carbocycles. The van der Waals surface area contributed by atoms with Gasteiger partial charge >= 0.3 is 5.97 Å². The summed E-state index contributed by atoms with van der Waals surface area (Å²) < 4.78 is 4.54. The molecule has 0 heterocycles. The standard InChI is InChI=1S/C8H13NO5/c1-3-7(11)14-6-8(4-2,5-10)9(12)13/h3,10H,1,4-6H2,2H3. The minimum atomic E-state index is -1.60. The zero-order valence-electron chi connectivity index (χ0n) is 7.93. The summed E-state index contributed by atoms with van der Waals surface area (Å²) in [6, 6.07) is 0. The highest BCUT2D eigenvalue weighted by Crippen LogP contribution is 2.14. The van der Waals surface area contributed by atoms with Crippen molar-refractivity contribution in [1.29, 1.82) is 0 Å². The summed E-state index contributed by atoms with van der Waals surface area (Å²) in [5.41, 5.74) is -1.60. The van der Waals surface area contributed by atoms with Gasteiger partial charge in [0, 0.05) is 17.4 Å². The Kier molecular flexibility index (Phi) is 4.79. The van der Waals surface area contributed by atoms with Crippen LogP contribution in [0, 0.1) is 10.1 Å². The van der Waals surface area contributed by atoms with Crippen molar-refractivity contribution < 1.29 is 19.6 Å². The lowest BCUT2D eigenvalue weighted by molar-refractivity contribution is -0.577. The van der Waals surface area contributed by atoms with Gasteiger partial charge in [-0.3, -0.25) is 10.1 Å². The van der Waals surface area contributed by atoms with Crippen molar-refractivity contribution in [3.05, 3.63) is 22.8 Å². The van der Waals surface area contributed by atoms with E-state index in [1.807, 2.05) is 0 Å². The molecule has 0 saturated heterocycles. The molecule has 0 aliphatic heterocycles. The third-order valence-corrected chi connectivity index (χ3v) is 1.99. The minimum absolute atomic E-state index is 0.0842. The molecule has 0 rings (SSSR count). The van der Waals surface area contributed by atoms with Gasteiger partial charge in [-0.15, -0.1) is 0 Å². The fourth-order valence-corrected chi connectivity index (χ4v) is 0.763. The summed E-state index contributed by atoms with van der Waals surface area (Å²) in [6.45, 7) is 3.58. The van der Waals surface area contributed by atoms with E-state index in [9.17, 15) is 14.9 Å². The molecule has 0 aliphatic rings. The molecule has 1 atom stereocenters. The zero-order chi connectivity index (χ0) is 11.2. The molecule has 0 saturated carbocycles. The normalized spacial score (nSPS) is 14.1. The van der Waals surface area contributed by atoms with Crippen LogP contribution in [0.5, 0.6) is 0 Å². The van der Waals surface area contributed by atoms with E-state index in [0.29, 0.717) is 0 Å². The van der Waals surface area contributed by atoms with Crippen LogP contribution in [0.15, 0.2) is 12.7 Å². The maximum Gasteiger partial charge on any atom is 0.330 e. The van der Waals surface area contributed by atoms with Gasteiger partial charge in [0.1, 0.15) is 6.61 Å². The molecular formula is C8H13NO5. The number of esters is 1. The number of nitro groups is 1. The highest BCUT2D eigenvalue weighted by atomic mass is 16.6. The van der Waals surface area contributed by atoms with Gasteiger partial charge in [0.25, 0.3) is 5.54 Å². The van der Waals surface area contributed by atoms with Crippen molar-refractivity contribution in [3.8, 4) is 0 Å². The Labute approximate surface area is 81.3 Å². The summed E-state index contributed by atoms with van der Waals surface area (Å²) in [4.78, 5) is 20.6. The van der Waals surface area contributed by atoms with E-state index in [0.717, 1.165) is 6.08 Å². The highest BCUT2D eigenvalue weighted by molar-refractivity contribution is 5.81. The second-order valence-corrected chi connectivity index (χ2v) is 2.80. The first-order valence-electron chi connectivity index (χ1n) is 4.07. The summed E-state index contributed by atoms with van der Waals surface area (Å²) in [7, 11) is 0. The van der Waals surface area contributed by atoms with Gasteiger partial charge in [-0.25, -0.2) is 4.79 Å². The fraction of sp³-hybridized carbons (Fsp3) is 0.625. The average Bonchev–Trinajstić information content (AvgIpc) is 2.19. The summed E-state index contributed by atoms with van der Waals surface area (Å²) in [5.74, 6) is -0.738. The Bertz CT molecular complexity index is 234. The summed E-state index contributed by atoms with van der Waals surface area (Å²) >= 11 is 0. The van der Waals surface area contributed by atoms with E-state index in [4.69, 9.17) is 5.11 Å². The first-order chi connectivity index (χ1) is 6.52. The predicted octanol–water partition coefficient (Wildman–Crippen LogP) is 0.133. The molecule has 1 N–H and O–H groups in total. The van der Waals surface area contributed by atoms with E-state index in [1.165, 1.54) is 0 Å². The maximum atomic E-state index is 10.7. The topological polar surface area (TPSA) is 89.7 Å². The minimum Gasteiger partial charge on any atom is -0.455 e. The molecule has 0 aromatic heterocycles. The van der Waals surface area contributed by atoms with Crippen LogP contribution in [0.25, 0.3) is 0 Å².